The van der Waals surface area contributed by atoms with E-state index < -0.39 is 17.7 Å². The molecule has 0 saturated heterocycles. The Balaban J connectivity index is 4.42. The molecule has 0 aliphatic carbocycles. The van der Waals surface area contributed by atoms with E-state index in [0.717, 1.165) is 18.6 Å². The van der Waals surface area contributed by atoms with Crippen molar-refractivity contribution in [2.75, 3.05) is 18.6 Å². The summed E-state index contributed by atoms with van der Waals surface area (Å²) in [6.45, 7) is 3.96. The third kappa shape index (κ3) is 5.00. The first-order valence-corrected chi connectivity index (χ1v) is 6.98. The molecular weight excluding hydrogens is 169 g/mol. The van der Waals surface area contributed by atoms with Crippen LogP contribution in [-0.4, -0.2) is 27.0 Å². The maximum Gasteiger partial charge on any atom is 0.248 e. The van der Waals surface area contributed by atoms with Gasteiger partial charge >= 0.3 is 0 Å². The molecule has 0 aliphatic heterocycles. The molecule has 0 saturated carbocycles. The van der Waals surface area contributed by atoms with E-state index in [4.69, 9.17) is 0 Å². The quantitative estimate of drug-likeness (QED) is 0.620. The largest absolute Gasteiger partial charge is 0.248 e. The second-order valence-corrected chi connectivity index (χ2v) is 6.84. The average Bonchev–Trinajstić information content (AvgIpc) is 1.81. The van der Waals surface area contributed by atoms with Crippen molar-refractivity contribution in [1.29, 1.82) is 0 Å². The molecule has 0 N–H and O–H groups in total. The van der Waals surface area contributed by atoms with Gasteiger partial charge in [0.1, 0.15) is 0 Å². The average molecular weight is 183 g/mol. The summed E-state index contributed by atoms with van der Waals surface area (Å²) in [5, 5.41) is 0. The Morgan fingerprint density at radius 2 is 1.70 bits per heavy atom. The molecule has 5 heteroatoms. The van der Waals surface area contributed by atoms with Crippen molar-refractivity contribution in [1.82, 2.24) is 0 Å². The molecule has 0 aromatic heterocycles. The van der Waals surface area contributed by atoms with Gasteiger partial charge in [-0.15, -0.1) is 0 Å². The van der Waals surface area contributed by atoms with Crippen LogP contribution in [0.1, 0.15) is 13.8 Å². The Morgan fingerprint density at radius 3 is 1.80 bits per heavy atom. The molecule has 0 rings (SSSR count). The molecule has 0 unspecified atom stereocenters. The second kappa shape index (κ2) is 4.14. The SMILES string of the molecule is CC[PH](CC)=NS(C)(=O)=O. The van der Waals surface area contributed by atoms with Gasteiger partial charge in [-0.1, -0.05) is 13.8 Å². The minimum Gasteiger partial charge on any atom is -0.205 e. The van der Waals surface area contributed by atoms with Gasteiger partial charge in [0.25, 0.3) is 0 Å². The predicted octanol–water partition coefficient (Wildman–Crippen LogP) is 1.38. The lowest BCUT2D eigenvalue weighted by Gasteiger charge is -1.97. The Hall–Kier alpha value is 0.180. The van der Waals surface area contributed by atoms with Gasteiger partial charge in [-0.25, -0.2) is 8.42 Å². The van der Waals surface area contributed by atoms with E-state index in [1.807, 2.05) is 13.8 Å². The van der Waals surface area contributed by atoms with Crippen molar-refractivity contribution < 1.29 is 8.42 Å². The molecular formula is C5H14NO2PS. The summed E-state index contributed by atoms with van der Waals surface area (Å²) < 4.78 is 25.0. The Morgan fingerprint density at radius 1 is 1.30 bits per heavy atom. The van der Waals surface area contributed by atoms with Gasteiger partial charge in [0.2, 0.25) is 10.0 Å². The Kier molecular flexibility index (Phi) is 4.22. The van der Waals surface area contributed by atoms with Gasteiger partial charge in [-0.2, -0.15) is 4.15 Å². The lowest BCUT2D eigenvalue weighted by Crippen LogP contribution is -1.88. The van der Waals surface area contributed by atoms with Crippen molar-refractivity contribution in [2.24, 2.45) is 4.15 Å². The minimum atomic E-state index is -3.08. The van der Waals surface area contributed by atoms with E-state index in [1.54, 1.807) is 0 Å². The van der Waals surface area contributed by atoms with Gasteiger partial charge in [0.15, 0.2) is 0 Å². The van der Waals surface area contributed by atoms with Crippen LogP contribution < -0.4 is 0 Å². The molecule has 10 heavy (non-hydrogen) atoms. The topological polar surface area (TPSA) is 46.5 Å². The fraction of sp³-hybridized carbons (Fsp3) is 1.00. The third-order valence-corrected chi connectivity index (χ3v) is 5.10. The molecule has 0 bridgehead atoms. The number of hydrogen-bond acceptors (Lipinski definition) is 2. The fourth-order valence-electron chi connectivity index (χ4n) is 0.614. The van der Waals surface area contributed by atoms with E-state index in [9.17, 15) is 8.42 Å². The summed E-state index contributed by atoms with van der Waals surface area (Å²) >= 11 is 0. The van der Waals surface area contributed by atoms with Crippen LogP contribution in [0.2, 0.25) is 0 Å². The van der Waals surface area contributed by atoms with Crippen LogP contribution in [0.15, 0.2) is 4.15 Å². The summed E-state index contributed by atoms with van der Waals surface area (Å²) in [7, 11) is -4.02. The van der Waals surface area contributed by atoms with Crippen molar-refractivity contribution in [3.05, 3.63) is 0 Å². The zero-order valence-corrected chi connectivity index (χ0v) is 8.40. The second-order valence-electron chi connectivity index (χ2n) is 2.10. The summed E-state index contributed by atoms with van der Waals surface area (Å²) in [5.74, 6) is 0. The van der Waals surface area contributed by atoms with Crippen molar-refractivity contribution in [2.45, 2.75) is 13.8 Å². The maximum absolute atomic E-state index is 10.6. The normalized spacial score (nSPS) is 12.0. The summed E-state index contributed by atoms with van der Waals surface area (Å²) in [6, 6.07) is 0. The smallest absolute Gasteiger partial charge is 0.205 e. The van der Waals surface area contributed by atoms with E-state index in [0.29, 0.717) is 0 Å². The first-order chi connectivity index (χ1) is 4.49. The predicted molar refractivity (Wildman–Crippen MR) is 46.7 cm³/mol. The minimum absolute atomic E-state index is 0.897. The van der Waals surface area contributed by atoms with Crippen molar-refractivity contribution in [3.63, 3.8) is 0 Å². The molecule has 62 valence electrons. The highest BCUT2D eigenvalue weighted by Crippen LogP contribution is 2.25. The first-order valence-electron chi connectivity index (χ1n) is 3.27. The lowest BCUT2D eigenvalue weighted by atomic mass is 11.0. The molecule has 0 amide bonds. The highest BCUT2D eigenvalue weighted by Gasteiger charge is 1.97. The number of rotatable bonds is 3. The van der Waals surface area contributed by atoms with Crippen LogP contribution in [0, 0.1) is 0 Å². The van der Waals surface area contributed by atoms with Crippen LogP contribution >= 0.6 is 7.71 Å². The molecule has 0 atom stereocenters. The van der Waals surface area contributed by atoms with Crippen LogP contribution in [0.3, 0.4) is 0 Å². The van der Waals surface area contributed by atoms with Gasteiger partial charge in [0.05, 0.1) is 6.26 Å². The molecule has 3 nitrogen and oxygen atoms in total. The van der Waals surface area contributed by atoms with E-state index in [1.165, 1.54) is 0 Å². The molecule has 0 spiro atoms. The van der Waals surface area contributed by atoms with Crippen LogP contribution in [0.25, 0.3) is 0 Å². The maximum atomic E-state index is 10.6. The van der Waals surface area contributed by atoms with Gasteiger partial charge in [-0.3, -0.25) is 0 Å². The van der Waals surface area contributed by atoms with Crippen LogP contribution in [0.5, 0.6) is 0 Å². The van der Waals surface area contributed by atoms with Gasteiger partial charge < -0.3 is 0 Å². The monoisotopic (exact) mass is 183 g/mol. The summed E-state index contributed by atoms with van der Waals surface area (Å²) in [4.78, 5) is 0. The Labute approximate surface area is 63.4 Å². The molecule has 0 aromatic rings. The van der Waals surface area contributed by atoms with Crippen LogP contribution in [-0.2, 0) is 10.0 Å². The van der Waals surface area contributed by atoms with E-state index >= 15 is 0 Å². The van der Waals surface area contributed by atoms with Crippen molar-refractivity contribution in [3.8, 4) is 0 Å². The van der Waals surface area contributed by atoms with Crippen molar-refractivity contribution >= 4 is 17.7 Å². The molecule has 0 fully saturated rings. The summed E-state index contributed by atoms with van der Waals surface area (Å²) in [5.41, 5.74) is 0. The van der Waals surface area contributed by atoms with Gasteiger partial charge in [0, 0.05) is 0 Å². The van der Waals surface area contributed by atoms with Gasteiger partial charge in [-0.05, 0) is 20.0 Å². The van der Waals surface area contributed by atoms with Crippen LogP contribution in [0.4, 0.5) is 0 Å². The zero-order valence-electron chi connectivity index (χ0n) is 6.59. The standard InChI is InChI=1S/C5H14NO2PS/c1-4-9(5-2)6-10(3,7)8/h9H,4-5H2,1-3H3. The molecule has 0 radical (unpaired) electrons. The Bertz CT molecular complexity index is 214. The third-order valence-electron chi connectivity index (χ3n) is 1.11. The van der Waals surface area contributed by atoms with E-state index in [-0.39, 0.29) is 0 Å². The molecule has 0 aromatic carbocycles. The fourth-order valence-corrected chi connectivity index (χ4v) is 4.02. The molecule has 0 aliphatic rings. The summed E-state index contributed by atoms with van der Waals surface area (Å²) in [6.07, 6.45) is 2.95. The zero-order chi connectivity index (χ0) is 8.20. The first kappa shape index (κ1) is 10.2. The number of sulfonamides is 1. The van der Waals surface area contributed by atoms with E-state index in [2.05, 4.69) is 4.15 Å². The lowest BCUT2D eigenvalue weighted by molar-refractivity contribution is 0.604. The highest BCUT2D eigenvalue weighted by atomic mass is 32.2. The number of hydrogen-bond donors (Lipinski definition) is 0. The highest BCUT2D eigenvalue weighted by molar-refractivity contribution is 7.92. The molecule has 0 heterocycles. The number of nitrogens with zero attached hydrogens (tertiary/aromatic N) is 1.